The summed E-state index contributed by atoms with van der Waals surface area (Å²) in [7, 11) is 0. The van der Waals surface area contributed by atoms with Gasteiger partial charge in [0.15, 0.2) is 5.78 Å². The Morgan fingerprint density at radius 1 is 0.641 bits per heavy atom. The van der Waals surface area contributed by atoms with Crippen LogP contribution in [0.2, 0.25) is 0 Å². The fraction of sp³-hybridized carbons (Fsp3) is 0.100. The zero-order valence-corrected chi connectivity index (χ0v) is 20.3. The number of phenols is 4. The zero-order chi connectivity index (χ0) is 28.0. The molecule has 6 N–H and O–H groups in total. The van der Waals surface area contributed by atoms with Crippen LogP contribution in [-0.4, -0.2) is 48.0 Å². The van der Waals surface area contributed by atoms with Crippen LogP contribution < -0.4 is 0 Å². The number of aromatic hydroxyl groups is 4. The monoisotopic (exact) mass is 524 g/mol. The van der Waals surface area contributed by atoms with Crippen LogP contribution in [0, 0.1) is 6.92 Å². The van der Waals surface area contributed by atoms with E-state index in [4.69, 9.17) is 0 Å². The van der Waals surface area contributed by atoms with Crippen LogP contribution >= 0.6 is 0 Å². The van der Waals surface area contributed by atoms with Crippen molar-refractivity contribution in [1.29, 1.82) is 0 Å². The molecule has 0 aliphatic heterocycles. The molecule has 9 heteroatoms. The highest BCUT2D eigenvalue weighted by molar-refractivity contribution is 6.30. The van der Waals surface area contributed by atoms with Gasteiger partial charge in [-0.15, -0.1) is 0 Å². The molecule has 9 nitrogen and oxygen atoms in total. The van der Waals surface area contributed by atoms with Crippen molar-refractivity contribution < 1.29 is 45.0 Å². The van der Waals surface area contributed by atoms with Gasteiger partial charge in [-0.3, -0.25) is 14.4 Å². The van der Waals surface area contributed by atoms with Crippen molar-refractivity contribution in [1.82, 2.24) is 0 Å². The lowest BCUT2D eigenvalue weighted by molar-refractivity contribution is 0.0924. The third kappa shape index (κ3) is 2.99. The summed E-state index contributed by atoms with van der Waals surface area (Å²) in [6.07, 6.45) is 0. The topological polar surface area (TPSA) is 173 Å². The maximum Gasteiger partial charge on any atom is 0.201 e. The Balaban J connectivity index is 1.71. The van der Waals surface area contributed by atoms with Crippen LogP contribution in [0.5, 0.6) is 23.0 Å². The van der Waals surface area contributed by atoms with Crippen molar-refractivity contribution in [2.45, 2.75) is 19.1 Å². The zero-order valence-electron chi connectivity index (χ0n) is 20.3. The standard InChI is InChI=1S/C30H20O9/c1-12-5-6-14-21(25(12)34)28(37)22-15(26(14)35)7-8-17(27(22)36)30(39)16-3-2-4-19(32)23(16)29(38)24-18(30)9-13(11-31)10-20(24)33/h2-10,31-34,36,39H,11H2,1H3. The minimum Gasteiger partial charge on any atom is -0.507 e. The Morgan fingerprint density at radius 2 is 1.26 bits per heavy atom. The predicted octanol–water partition coefficient (Wildman–Crippen LogP) is 2.91. The number of carbonyl (C=O) groups is 3. The molecule has 0 amide bonds. The molecule has 4 aromatic carbocycles. The largest absolute Gasteiger partial charge is 0.507 e. The molecule has 2 aliphatic rings. The summed E-state index contributed by atoms with van der Waals surface area (Å²) in [5, 5.41) is 65.6. The number of benzene rings is 4. The van der Waals surface area contributed by atoms with E-state index in [2.05, 4.69) is 0 Å². The van der Waals surface area contributed by atoms with Crippen molar-refractivity contribution in [3.05, 3.63) is 116 Å². The van der Waals surface area contributed by atoms with E-state index in [-0.39, 0.29) is 50.1 Å². The van der Waals surface area contributed by atoms with Gasteiger partial charge in [0.2, 0.25) is 11.6 Å². The molecular formula is C30H20O9. The normalized spacial score (nSPS) is 17.4. The van der Waals surface area contributed by atoms with E-state index >= 15 is 0 Å². The van der Waals surface area contributed by atoms with Crippen molar-refractivity contribution in [3.63, 3.8) is 0 Å². The van der Waals surface area contributed by atoms with E-state index in [1.807, 2.05) is 0 Å². The van der Waals surface area contributed by atoms with Gasteiger partial charge in [-0.2, -0.15) is 0 Å². The fourth-order valence-electron chi connectivity index (χ4n) is 5.63. The molecule has 2 aliphatic carbocycles. The summed E-state index contributed by atoms with van der Waals surface area (Å²) in [5.74, 6) is -4.55. The Labute approximate surface area is 220 Å². The van der Waals surface area contributed by atoms with Gasteiger partial charge in [0.1, 0.15) is 28.6 Å². The number of hydrogen-bond acceptors (Lipinski definition) is 9. The fourth-order valence-corrected chi connectivity index (χ4v) is 5.63. The summed E-state index contributed by atoms with van der Waals surface area (Å²) in [6.45, 7) is 0.989. The highest BCUT2D eigenvalue weighted by atomic mass is 16.3. The molecule has 0 aromatic heterocycles. The van der Waals surface area contributed by atoms with E-state index in [9.17, 15) is 45.0 Å². The molecule has 1 unspecified atom stereocenters. The van der Waals surface area contributed by atoms with E-state index in [0.717, 1.165) is 6.07 Å². The lowest BCUT2D eigenvalue weighted by Crippen LogP contribution is -2.37. The van der Waals surface area contributed by atoms with Gasteiger partial charge >= 0.3 is 0 Å². The molecule has 0 spiro atoms. The number of carbonyl (C=O) groups excluding carboxylic acids is 3. The van der Waals surface area contributed by atoms with Crippen molar-refractivity contribution >= 4 is 17.3 Å². The lowest BCUT2D eigenvalue weighted by atomic mass is 9.68. The van der Waals surface area contributed by atoms with Crippen molar-refractivity contribution in [2.75, 3.05) is 0 Å². The van der Waals surface area contributed by atoms with Gasteiger partial charge in [-0.05, 0) is 48.4 Å². The van der Waals surface area contributed by atoms with Crippen molar-refractivity contribution in [2.24, 2.45) is 0 Å². The maximum absolute atomic E-state index is 13.6. The number of aliphatic hydroxyl groups excluding tert-OH is 1. The van der Waals surface area contributed by atoms with Gasteiger partial charge in [0.05, 0.1) is 28.9 Å². The van der Waals surface area contributed by atoms with E-state index < -0.39 is 58.1 Å². The third-order valence-electron chi connectivity index (χ3n) is 7.53. The summed E-state index contributed by atoms with van der Waals surface area (Å²) < 4.78 is 0. The average Bonchev–Trinajstić information content (AvgIpc) is 2.91. The predicted molar refractivity (Wildman–Crippen MR) is 135 cm³/mol. The minimum atomic E-state index is -2.43. The molecular weight excluding hydrogens is 504 g/mol. The highest BCUT2D eigenvalue weighted by Gasteiger charge is 2.49. The molecule has 194 valence electrons. The molecule has 0 saturated carbocycles. The Morgan fingerprint density at radius 3 is 1.95 bits per heavy atom. The smallest absolute Gasteiger partial charge is 0.201 e. The number of phenolic OH excluding ortho intramolecular Hbond substituents is 4. The van der Waals surface area contributed by atoms with E-state index in [0.29, 0.717) is 5.56 Å². The molecule has 4 aromatic rings. The average molecular weight is 524 g/mol. The molecule has 1 atom stereocenters. The van der Waals surface area contributed by atoms with E-state index in [1.54, 1.807) is 6.92 Å². The molecule has 0 bridgehead atoms. The second-order valence-electron chi connectivity index (χ2n) is 9.63. The first-order chi connectivity index (χ1) is 18.5. The first-order valence-corrected chi connectivity index (χ1v) is 11.9. The molecule has 0 fully saturated rings. The van der Waals surface area contributed by atoms with Crippen LogP contribution in [-0.2, 0) is 12.2 Å². The lowest BCUT2D eigenvalue weighted by Gasteiger charge is -2.38. The Kier molecular flexibility index (Phi) is 5.00. The molecule has 0 heterocycles. The summed E-state index contributed by atoms with van der Waals surface area (Å²) >= 11 is 0. The Bertz CT molecular complexity index is 1820. The molecule has 0 saturated heterocycles. The first kappa shape index (κ1) is 24.4. The van der Waals surface area contributed by atoms with Gasteiger partial charge < -0.3 is 30.6 Å². The Hall–Kier alpha value is -4.99. The van der Waals surface area contributed by atoms with Crippen molar-refractivity contribution in [3.8, 4) is 23.0 Å². The van der Waals surface area contributed by atoms with Crippen LogP contribution in [0.1, 0.15) is 75.6 Å². The SMILES string of the molecule is Cc1ccc2c(c1O)C(=O)c1c(ccc(C3(O)c4cccc(O)c4C(=O)c4c(O)cc(CO)cc43)c1O)C2=O. The first-order valence-electron chi connectivity index (χ1n) is 11.9. The van der Waals surface area contributed by atoms with Crippen LogP contribution in [0.3, 0.4) is 0 Å². The van der Waals surface area contributed by atoms with Crippen LogP contribution in [0.15, 0.2) is 54.6 Å². The summed E-state index contributed by atoms with van der Waals surface area (Å²) in [4.78, 5) is 40.3. The second kappa shape index (κ2) is 8.00. The van der Waals surface area contributed by atoms with Gasteiger partial charge in [-0.25, -0.2) is 0 Å². The van der Waals surface area contributed by atoms with Gasteiger partial charge in [0, 0.05) is 27.8 Å². The molecule has 6 rings (SSSR count). The number of ketones is 3. The second-order valence-corrected chi connectivity index (χ2v) is 9.63. The molecule has 39 heavy (non-hydrogen) atoms. The maximum atomic E-state index is 13.6. The summed E-state index contributed by atoms with van der Waals surface area (Å²) in [5.41, 5.74) is -4.30. The van der Waals surface area contributed by atoms with Crippen LogP contribution in [0.4, 0.5) is 0 Å². The summed E-state index contributed by atoms with van der Waals surface area (Å²) in [6, 6.07) is 11.7. The number of hydrogen-bond donors (Lipinski definition) is 6. The van der Waals surface area contributed by atoms with Crippen LogP contribution in [0.25, 0.3) is 0 Å². The number of aliphatic hydroxyl groups is 2. The number of aryl methyl sites for hydroxylation is 1. The highest BCUT2D eigenvalue weighted by Crippen LogP contribution is 2.52. The minimum absolute atomic E-state index is 0.0390. The molecule has 0 radical (unpaired) electrons. The van der Waals surface area contributed by atoms with Gasteiger partial charge in [0.25, 0.3) is 0 Å². The quantitative estimate of drug-likeness (QED) is 0.203. The number of rotatable bonds is 2. The number of fused-ring (bicyclic) bond motifs is 4. The van der Waals surface area contributed by atoms with E-state index in [1.165, 1.54) is 48.5 Å². The van der Waals surface area contributed by atoms with Gasteiger partial charge in [-0.1, -0.05) is 24.3 Å². The third-order valence-corrected chi connectivity index (χ3v) is 7.53.